The summed E-state index contributed by atoms with van der Waals surface area (Å²) in [5.74, 6) is 0.658. The Kier molecular flexibility index (Phi) is 7.52. The van der Waals surface area contributed by atoms with E-state index in [1.165, 1.54) is 11.1 Å². The molecule has 0 unspecified atom stereocenters. The van der Waals surface area contributed by atoms with Crippen LogP contribution in [0.5, 0.6) is 0 Å². The Morgan fingerprint density at radius 2 is 1.05 bits per heavy atom. The zero-order valence-corrected chi connectivity index (χ0v) is 34.1. The number of fused-ring (bicyclic) bond motifs is 7. The molecule has 0 spiro atoms. The molecule has 4 nitrogen and oxygen atoms in total. The Labute approximate surface area is 347 Å². The summed E-state index contributed by atoms with van der Waals surface area (Å²) in [5, 5.41) is 10.3. The van der Waals surface area contributed by atoms with Gasteiger partial charge >= 0.3 is 0 Å². The van der Waals surface area contributed by atoms with Gasteiger partial charge in [0.15, 0.2) is 7.14 Å². The molecule has 9 aromatic carbocycles. The molecule has 0 amide bonds. The molecular formula is C55H38N3OP. The highest BCUT2D eigenvalue weighted by molar-refractivity contribution is 7.85. The fraction of sp³-hybridized carbons (Fsp3) is 0.0545. The van der Waals surface area contributed by atoms with E-state index in [-0.39, 0.29) is 5.41 Å². The lowest BCUT2D eigenvalue weighted by molar-refractivity contribution is 0.592. The van der Waals surface area contributed by atoms with Crippen LogP contribution in [0.25, 0.3) is 82.6 Å². The highest BCUT2D eigenvalue weighted by Crippen LogP contribution is 2.48. The van der Waals surface area contributed by atoms with Crippen LogP contribution in [0.4, 0.5) is 0 Å². The topological polar surface area (TPSA) is 47.8 Å². The van der Waals surface area contributed by atoms with Crippen molar-refractivity contribution in [2.75, 3.05) is 0 Å². The highest BCUT2D eigenvalue weighted by atomic mass is 31.2. The van der Waals surface area contributed by atoms with Crippen LogP contribution in [0.2, 0.25) is 0 Å². The fourth-order valence-electron chi connectivity index (χ4n) is 9.79. The van der Waals surface area contributed by atoms with E-state index in [1.807, 2.05) is 36.4 Å². The molecule has 0 N–H and O–H groups in total. The smallest absolute Gasteiger partial charge is 0.235 e. The lowest BCUT2D eigenvalue weighted by Gasteiger charge is -2.34. The lowest BCUT2D eigenvalue weighted by atomic mass is 9.70. The van der Waals surface area contributed by atoms with Crippen LogP contribution in [0.3, 0.4) is 0 Å². The molecule has 284 valence electrons. The summed E-state index contributed by atoms with van der Waals surface area (Å²) in [6, 6.07) is 67.7. The van der Waals surface area contributed by atoms with Gasteiger partial charge in [0.05, 0.1) is 22.2 Å². The quantitative estimate of drug-likeness (QED) is 0.163. The second kappa shape index (κ2) is 12.9. The van der Waals surface area contributed by atoms with Gasteiger partial charge in [0, 0.05) is 43.1 Å². The minimum absolute atomic E-state index is 0.167. The first-order chi connectivity index (χ1) is 29.4. The van der Waals surface area contributed by atoms with Crippen LogP contribution >= 0.6 is 7.14 Å². The maximum absolute atomic E-state index is 15.8. The largest absolute Gasteiger partial charge is 0.309 e. The monoisotopic (exact) mass is 787 g/mol. The molecule has 60 heavy (non-hydrogen) atoms. The van der Waals surface area contributed by atoms with Gasteiger partial charge in [-0.2, -0.15) is 0 Å². The number of nitrogens with zero attached hydrogens (tertiary/aromatic N) is 3. The van der Waals surface area contributed by atoms with E-state index in [1.54, 1.807) is 0 Å². The number of benzene rings is 9. The van der Waals surface area contributed by atoms with Crippen molar-refractivity contribution in [3.05, 3.63) is 205 Å². The van der Waals surface area contributed by atoms with E-state index < -0.39 is 7.14 Å². The van der Waals surface area contributed by atoms with Crippen molar-refractivity contribution in [3.8, 4) is 28.3 Å². The predicted molar refractivity (Wildman–Crippen MR) is 251 cm³/mol. The third-order valence-corrected chi connectivity index (χ3v) is 15.9. The van der Waals surface area contributed by atoms with E-state index in [9.17, 15) is 0 Å². The maximum atomic E-state index is 15.8. The lowest BCUT2D eigenvalue weighted by Crippen LogP contribution is -2.25. The molecule has 2 aromatic heterocycles. The van der Waals surface area contributed by atoms with Gasteiger partial charge in [-0.05, 0) is 80.2 Å². The number of aromatic nitrogens is 3. The standard InChI is InChI=1S/C55H38N3OP/c1-55(2)47-18-9-7-17-45(47)53-52-48(55)19-11-20-49(52)56-54(57-53)58-50-21-10-8-16-44(50)46-34-40(26-31-51(46)58)37-22-27-41(28-23-37)60(59,42-29-24-35-12-3-5-14-38(35)32-42)43-30-25-36-13-4-6-15-39(36)33-43/h3-34H,1-2H3. The first-order valence-electron chi connectivity index (χ1n) is 20.5. The van der Waals surface area contributed by atoms with Gasteiger partial charge in [0.2, 0.25) is 5.95 Å². The van der Waals surface area contributed by atoms with Gasteiger partial charge in [-0.3, -0.25) is 4.57 Å². The van der Waals surface area contributed by atoms with Crippen LogP contribution in [0, 0.1) is 0 Å². The Balaban J connectivity index is 0.996. The van der Waals surface area contributed by atoms with Crippen molar-refractivity contribution in [3.63, 3.8) is 0 Å². The van der Waals surface area contributed by atoms with Crippen molar-refractivity contribution < 1.29 is 4.57 Å². The van der Waals surface area contributed by atoms with Gasteiger partial charge in [-0.1, -0.05) is 172 Å². The molecule has 5 heteroatoms. The second-order valence-electron chi connectivity index (χ2n) is 16.5. The molecule has 1 aliphatic rings. The van der Waals surface area contributed by atoms with E-state index >= 15 is 4.57 Å². The van der Waals surface area contributed by atoms with Gasteiger partial charge in [-0.15, -0.1) is 0 Å². The van der Waals surface area contributed by atoms with Gasteiger partial charge in [0.1, 0.15) is 0 Å². The molecule has 12 rings (SSSR count). The van der Waals surface area contributed by atoms with Crippen molar-refractivity contribution in [1.29, 1.82) is 0 Å². The summed E-state index contributed by atoms with van der Waals surface area (Å²) in [4.78, 5) is 10.7. The van der Waals surface area contributed by atoms with Crippen LogP contribution in [-0.2, 0) is 9.98 Å². The third-order valence-electron chi connectivity index (χ3n) is 12.9. The zero-order chi connectivity index (χ0) is 40.2. The highest BCUT2D eigenvalue weighted by Gasteiger charge is 2.35. The average Bonchev–Trinajstić information content (AvgIpc) is 3.64. The fourth-order valence-corrected chi connectivity index (χ4v) is 12.5. The first kappa shape index (κ1) is 34.9. The van der Waals surface area contributed by atoms with E-state index in [2.05, 4.69) is 176 Å². The summed E-state index contributed by atoms with van der Waals surface area (Å²) < 4.78 is 18.1. The molecule has 0 saturated carbocycles. The minimum atomic E-state index is -3.27. The molecule has 2 heterocycles. The number of hydrogen-bond donors (Lipinski definition) is 0. The number of para-hydroxylation sites is 1. The number of rotatable bonds is 5. The molecule has 1 aliphatic carbocycles. The Hall–Kier alpha value is -7.13. The summed E-state index contributed by atoms with van der Waals surface area (Å²) >= 11 is 0. The minimum Gasteiger partial charge on any atom is -0.309 e. The van der Waals surface area contributed by atoms with Crippen molar-refractivity contribution >= 4 is 77.3 Å². The van der Waals surface area contributed by atoms with E-state index in [0.29, 0.717) is 5.95 Å². The Morgan fingerprint density at radius 1 is 0.467 bits per heavy atom. The van der Waals surface area contributed by atoms with Crippen molar-refractivity contribution in [2.24, 2.45) is 0 Å². The molecule has 0 aliphatic heterocycles. The summed E-state index contributed by atoms with van der Waals surface area (Å²) in [6.45, 7) is 4.59. The maximum Gasteiger partial charge on any atom is 0.235 e. The summed E-state index contributed by atoms with van der Waals surface area (Å²) in [7, 11) is -3.27. The van der Waals surface area contributed by atoms with Crippen molar-refractivity contribution in [2.45, 2.75) is 19.3 Å². The van der Waals surface area contributed by atoms with Gasteiger partial charge in [-0.25, -0.2) is 9.97 Å². The Bertz CT molecular complexity index is 3540. The molecule has 11 aromatic rings. The Morgan fingerprint density at radius 3 is 1.78 bits per heavy atom. The van der Waals surface area contributed by atoms with E-state index in [0.717, 1.165) is 92.6 Å². The second-order valence-corrected chi connectivity index (χ2v) is 19.3. The number of hydrogen-bond acceptors (Lipinski definition) is 3. The average molecular weight is 788 g/mol. The van der Waals surface area contributed by atoms with Crippen molar-refractivity contribution in [1.82, 2.24) is 14.5 Å². The zero-order valence-electron chi connectivity index (χ0n) is 33.2. The SMILES string of the molecule is CC1(C)c2ccccc2-c2nc(-n3c4ccccc4c4cc(-c5ccc(P(=O)(c6ccc7ccccc7c6)c6ccc7ccccc7c6)cc5)ccc43)nc3cccc1c23. The molecule has 0 saturated heterocycles. The van der Waals surface area contributed by atoms with Gasteiger partial charge in [0.25, 0.3) is 0 Å². The van der Waals surface area contributed by atoms with Gasteiger partial charge < -0.3 is 4.57 Å². The third kappa shape index (κ3) is 5.08. The molecule has 0 atom stereocenters. The van der Waals surface area contributed by atoms with Crippen LogP contribution in [0.15, 0.2) is 194 Å². The summed E-state index contributed by atoms with van der Waals surface area (Å²) in [6.07, 6.45) is 0. The van der Waals surface area contributed by atoms with E-state index in [4.69, 9.17) is 9.97 Å². The molecule has 0 radical (unpaired) electrons. The normalized spacial score (nSPS) is 13.4. The summed E-state index contributed by atoms with van der Waals surface area (Å²) in [5.41, 5.74) is 9.68. The first-order valence-corrected chi connectivity index (χ1v) is 22.2. The molecule has 0 bridgehead atoms. The van der Waals surface area contributed by atoms with Crippen LogP contribution in [0.1, 0.15) is 25.0 Å². The van der Waals surface area contributed by atoms with Crippen LogP contribution < -0.4 is 15.9 Å². The molecule has 0 fully saturated rings. The van der Waals surface area contributed by atoms with Crippen LogP contribution in [-0.4, -0.2) is 14.5 Å². The predicted octanol–water partition coefficient (Wildman–Crippen LogP) is 12.6. The molecular weight excluding hydrogens is 750 g/mol.